The molecular weight excluding hydrogens is 314 g/mol. The fourth-order valence-electron chi connectivity index (χ4n) is 3.03. The van der Waals surface area contributed by atoms with E-state index in [4.69, 9.17) is 0 Å². The Hall–Kier alpha value is -3.28. The molecule has 1 N–H and O–H groups in total. The lowest BCUT2D eigenvalue weighted by atomic mass is 10.1. The van der Waals surface area contributed by atoms with Crippen LogP contribution in [-0.4, -0.2) is 25.4 Å². The maximum absolute atomic E-state index is 12.5. The van der Waals surface area contributed by atoms with E-state index in [0.29, 0.717) is 11.6 Å². The molecule has 1 aromatic carbocycles. The van der Waals surface area contributed by atoms with E-state index < -0.39 is 0 Å². The van der Waals surface area contributed by atoms with E-state index in [1.54, 1.807) is 24.7 Å². The Balaban J connectivity index is 1.43. The molecule has 0 spiro atoms. The molecule has 1 aliphatic carbocycles. The van der Waals surface area contributed by atoms with Gasteiger partial charge in [0.1, 0.15) is 5.52 Å². The normalized spacial score (nSPS) is 14.1. The number of carbonyl (C=O) groups is 1. The van der Waals surface area contributed by atoms with Gasteiger partial charge in [-0.25, -0.2) is 9.97 Å². The van der Waals surface area contributed by atoms with Crippen LogP contribution in [0.5, 0.6) is 0 Å². The van der Waals surface area contributed by atoms with Crippen LogP contribution in [0.4, 0.5) is 5.69 Å². The van der Waals surface area contributed by atoms with E-state index in [1.807, 2.05) is 30.6 Å². The number of benzene rings is 1. The molecule has 6 heteroatoms. The number of carbonyl (C=O) groups excluding carboxylic acids is 1. The van der Waals surface area contributed by atoms with Crippen molar-refractivity contribution in [3.8, 4) is 0 Å². The van der Waals surface area contributed by atoms with E-state index >= 15 is 0 Å². The third kappa shape index (κ3) is 2.52. The van der Waals surface area contributed by atoms with Gasteiger partial charge in [0.2, 0.25) is 0 Å². The number of pyridine rings is 2. The van der Waals surface area contributed by atoms with Gasteiger partial charge < -0.3 is 9.88 Å². The summed E-state index contributed by atoms with van der Waals surface area (Å²) < 4.78 is 2.09. The highest BCUT2D eigenvalue weighted by atomic mass is 16.1. The first kappa shape index (κ1) is 14.1. The zero-order valence-electron chi connectivity index (χ0n) is 13.4. The number of nitrogens with zero attached hydrogens (tertiary/aromatic N) is 4. The second kappa shape index (κ2) is 5.37. The van der Waals surface area contributed by atoms with Gasteiger partial charge in [0.05, 0.1) is 11.9 Å². The number of hydrogen-bond donors (Lipinski definition) is 1. The number of fused-ring (bicyclic) bond motifs is 2. The van der Waals surface area contributed by atoms with Crippen LogP contribution >= 0.6 is 0 Å². The first-order valence-corrected chi connectivity index (χ1v) is 8.26. The number of rotatable bonds is 3. The van der Waals surface area contributed by atoms with Crippen molar-refractivity contribution in [3.05, 3.63) is 60.8 Å². The van der Waals surface area contributed by atoms with Crippen molar-refractivity contribution >= 4 is 33.5 Å². The molecule has 3 aromatic heterocycles. The van der Waals surface area contributed by atoms with Crippen LogP contribution in [0.15, 0.2) is 55.2 Å². The lowest BCUT2D eigenvalue weighted by Crippen LogP contribution is -2.12. The molecule has 3 heterocycles. The largest absolute Gasteiger partial charge is 0.322 e. The molecular formula is C19H15N5O. The maximum Gasteiger partial charge on any atom is 0.257 e. The number of aromatic nitrogens is 4. The van der Waals surface area contributed by atoms with E-state index in [2.05, 4.69) is 24.8 Å². The monoisotopic (exact) mass is 329 g/mol. The van der Waals surface area contributed by atoms with Gasteiger partial charge >= 0.3 is 0 Å². The second-order valence-electron chi connectivity index (χ2n) is 6.34. The third-order valence-corrected chi connectivity index (χ3v) is 4.51. The van der Waals surface area contributed by atoms with Crippen LogP contribution in [0, 0.1) is 0 Å². The third-order valence-electron chi connectivity index (χ3n) is 4.51. The van der Waals surface area contributed by atoms with Gasteiger partial charge in [-0.2, -0.15) is 0 Å². The number of nitrogens with one attached hydrogen (secondary N) is 1. The second-order valence-corrected chi connectivity index (χ2v) is 6.34. The molecule has 0 saturated heterocycles. The summed E-state index contributed by atoms with van der Waals surface area (Å²) in [5.74, 6) is -0.191. The van der Waals surface area contributed by atoms with Crippen LogP contribution in [0.25, 0.3) is 21.9 Å². The minimum absolute atomic E-state index is 0.191. The Morgan fingerprint density at radius 2 is 2.00 bits per heavy atom. The van der Waals surface area contributed by atoms with Crippen LogP contribution < -0.4 is 5.32 Å². The van der Waals surface area contributed by atoms with Gasteiger partial charge in [0.15, 0.2) is 5.65 Å². The van der Waals surface area contributed by atoms with Crippen molar-refractivity contribution in [2.24, 2.45) is 0 Å². The van der Waals surface area contributed by atoms with Gasteiger partial charge in [0.25, 0.3) is 5.91 Å². The molecule has 0 aliphatic heterocycles. The van der Waals surface area contributed by atoms with E-state index in [-0.39, 0.29) is 5.91 Å². The Bertz CT molecular complexity index is 1110. The Morgan fingerprint density at radius 1 is 1.08 bits per heavy atom. The van der Waals surface area contributed by atoms with Gasteiger partial charge in [-0.3, -0.25) is 9.78 Å². The first-order chi connectivity index (χ1) is 12.3. The standard InChI is InChI=1S/C19H15N5O/c25-19(23-15-2-1-13-9-20-6-5-12(13)7-15)14-8-17-18(21-10-14)24(11-22-17)16-3-4-16/h1-2,5-11,16H,3-4H2,(H,23,25). The lowest BCUT2D eigenvalue weighted by molar-refractivity contribution is 0.102. The topological polar surface area (TPSA) is 72.7 Å². The van der Waals surface area contributed by atoms with Crippen LogP contribution in [-0.2, 0) is 0 Å². The zero-order valence-corrected chi connectivity index (χ0v) is 13.4. The zero-order chi connectivity index (χ0) is 16.8. The quantitative estimate of drug-likeness (QED) is 0.624. The number of imidazole rings is 1. The van der Waals surface area contributed by atoms with Crippen molar-refractivity contribution in [1.29, 1.82) is 0 Å². The fourth-order valence-corrected chi connectivity index (χ4v) is 3.03. The molecule has 6 nitrogen and oxygen atoms in total. The van der Waals surface area contributed by atoms with Crippen molar-refractivity contribution in [1.82, 2.24) is 19.5 Å². The highest BCUT2D eigenvalue weighted by Gasteiger charge is 2.25. The molecule has 1 aliphatic rings. The molecule has 0 atom stereocenters. The smallest absolute Gasteiger partial charge is 0.257 e. The molecule has 0 unspecified atom stereocenters. The number of amides is 1. The molecule has 4 aromatic rings. The minimum atomic E-state index is -0.191. The van der Waals surface area contributed by atoms with E-state index in [9.17, 15) is 4.79 Å². The van der Waals surface area contributed by atoms with Crippen molar-refractivity contribution in [3.63, 3.8) is 0 Å². The summed E-state index contributed by atoms with van der Waals surface area (Å²) >= 11 is 0. The van der Waals surface area contributed by atoms with Crippen LogP contribution in [0.3, 0.4) is 0 Å². The molecule has 25 heavy (non-hydrogen) atoms. The predicted octanol–water partition coefficient (Wildman–Crippen LogP) is 3.57. The summed E-state index contributed by atoms with van der Waals surface area (Å²) in [6.45, 7) is 0. The highest BCUT2D eigenvalue weighted by Crippen LogP contribution is 2.36. The molecule has 1 amide bonds. The number of anilines is 1. The van der Waals surface area contributed by atoms with Gasteiger partial charge in [0, 0.05) is 35.7 Å². The predicted molar refractivity (Wildman–Crippen MR) is 95.5 cm³/mol. The summed E-state index contributed by atoms with van der Waals surface area (Å²) in [6.07, 6.45) is 9.31. The molecule has 122 valence electrons. The molecule has 1 saturated carbocycles. The highest BCUT2D eigenvalue weighted by molar-refractivity contribution is 6.06. The molecule has 0 bridgehead atoms. The van der Waals surface area contributed by atoms with Crippen LogP contribution in [0.1, 0.15) is 29.2 Å². The van der Waals surface area contributed by atoms with Crippen molar-refractivity contribution in [2.45, 2.75) is 18.9 Å². The van der Waals surface area contributed by atoms with Gasteiger partial charge in [-0.15, -0.1) is 0 Å². The SMILES string of the molecule is O=C(Nc1ccc2cnccc2c1)c1cnc2c(c1)ncn2C1CC1. The van der Waals surface area contributed by atoms with Gasteiger partial charge in [-0.1, -0.05) is 6.07 Å². The fraction of sp³-hybridized carbons (Fsp3) is 0.158. The maximum atomic E-state index is 12.5. The van der Waals surface area contributed by atoms with Crippen molar-refractivity contribution in [2.75, 3.05) is 5.32 Å². The number of hydrogen-bond acceptors (Lipinski definition) is 4. The minimum Gasteiger partial charge on any atom is -0.322 e. The van der Waals surface area contributed by atoms with Gasteiger partial charge in [-0.05, 0) is 42.5 Å². The Labute approximate surface area is 143 Å². The van der Waals surface area contributed by atoms with Crippen molar-refractivity contribution < 1.29 is 4.79 Å². The lowest BCUT2D eigenvalue weighted by Gasteiger charge is -2.07. The molecule has 1 fully saturated rings. The summed E-state index contributed by atoms with van der Waals surface area (Å²) in [4.78, 5) is 25.5. The molecule has 5 rings (SSSR count). The van der Waals surface area contributed by atoms with E-state index in [0.717, 1.165) is 27.6 Å². The Kier molecular flexibility index (Phi) is 3.03. The average Bonchev–Trinajstić information content (AvgIpc) is 3.40. The van der Waals surface area contributed by atoms with Crippen LogP contribution in [0.2, 0.25) is 0 Å². The summed E-state index contributed by atoms with van der Waals surface area (Å²) in [7, 11) is 0. The Morgan fingerprint density at radius 3 is 2.88 bits per heavy atom. The summed E-state index contributed by atoms with van der Waals surface area (Å²) in [5.41, 5.74) is 2.84. The molecule has 0 radical (unpaired) electrons. The summed E-state index contributed by atoms with van der Waals surface area (Å²) in [5, 5.41) is 4.99. The van der Waals surface area contributed by atoms with E-state index in [1.165, 1.54) is 12.8 Å². The summed E-state index contributed by atoms with van der Waals surface area (Å²) in [6, 6.07) is 9.98. The average molecular weight is 329 g/mol. The first-order valence-electron chi connectivity index (χ1n) is 8.26.